The summed E-state index contributed by atoms with van der Waals surface area (Å²) in [5.74, 6) is -0.985. The van der Waals surface area contributed by atoms with Gasteiger partial charge in [0, 0.05) is 17.3 Å². The summed E-state index contributed by atoms with van der Waals surface area (Å²) in [5.41, 5.74) is 2.98. The van der Waals surface area contributed by atoms with Gasteiger partial charge in [-0.15, -0.1) is 0 Å². The Kier molecular flexibility index (Phi) is 3.42. The van der Waals surface area contributed by atoms with Crippen LogP contribution in [0.1, 0.15) is 25.5 Å². The van der Waals surface area contributed by atoms with Gasteiger partial charge in [0.15, 0.2) is 5.78 Å². The number of rotatable bonds is 2. The highest BCUT2D eigenvalue weighted by molar-refractivity contribution is 5.97. The summed E-state index contributed by atoms with van der Waals surface area (Å²) >= 11 is 0. The monoisotopic (exact) mass is 339 g/mol. The van der Waals surface area contributed by atoms with Gasteiger partial charge < -0.3 is 5.32 Å². The lowest BCUT2D eigenvalue weighted by Gasteiger charge is -2.30. The van der Waals surface area contributed by atoms with E-state index < -0.39 is 17.7 Å². The van der Waals surface area contributed by atoms with Crippen molar-refractivity contribution in [3.8, 4) is 0 Å². The van der Waals surface area contributed by atoms with Crippen LogP contribution >= 0.6 is 0 Å². The summed E-state index contributed by atoms with van der Waals surface area (Å²) in [6, 6.07) is 10.1. The SMILES string of the molecule is CC(=O)C1=C(C)Nc2nc3ccccc3n2C1c1cc(F)cc(F)c1. The lowest BCUT2D eigenvalue weighted by atomic mass is 9.92. The Hall–Kier alpha value is -3.02. The predicted molar refractivity (Wildman–Crippen MR) is 91.2 cm³/mol. The normalized spacial score (nSPS) is 16.7. The number of halogens is 2. The number of para-hydroxylation sites is 2. The lowest BCUT2D eigenvalue weighted by molar-refractivity contribution is -0.114. The molecule has 0 bridgehead atoms. The Morgan fingerprint density at radius 2 is 1.84 bits per heavy atom. The molecule has 1 aliphatic heterocycles. The molecule has 1 unspecified atom stereocenters. The van der Waals surface area contributed by atoms with Crippen LogP contribution in [0.3, 0.4) is 0 Å². The quantitative estimate of drug-likeness (QED) is 0.761. The van der Waals surface area contributed by atoms with Crippen molar-refractivity contribution in [2.75, 3.05) is 5.32 Å². The Balaban J connectivity index is 2.06. The fourth-order valence-corrected chi connectivity index (χ4v) is 3.47. The van der Waals surface area contributed by atoms with Crippen molar-refractivity contribution in [2.45, 2.75) is 19.9 Å². The molecule has 0 radical (unpaired) electrons. The number of anilines is 1. The summed E-state index contributed by atoms with van der Waals surface area (Å²) in [6.45, 7) is 3.22. The second-order valence-electron chi connectivity index (χ2n) is 6.12. The van der Waals surface area contributed by atoms with Crippen LogP contribution in [0.4, 0.5) is 14.7 Å². The third kappa shape index (κ3) is 2.41. The largest absolute Gasteiger partial charge is 0.329 e. The van der Waals surface area contributed by atoms with Crippen molar-refractivity contribution >= 4 is 22.8 Å². The molecule has 0 saturated carbocycles. The zero-order valence-electron chi connectivity index (χ0n) is 13.7. The standard InChI is InChI=1S/C19H15F2N3O/c1-10-17(11(2)25)18(12-7-13(20)9-14(21)8-12)24-16-6-4-3-5-15(16)23-19(24)22-10/h3-9,18H,1-2H3,(H,22,23). The second kappa shape index (κ2) is 5.51. The number of imidazole rings is 1. The minimum Gasteiger partial charge on any atom is -0.329 e. The van der Waals surface area contributed by atoms with Gasteiger partial charge in [-0.25, -0.2) is 13.8 Å². The zero-order valence-corrected chi connectivity index (χ0v) is 13.7. The van der Waals surface area contributed by atoms with Crippen molar-refractivity contribution in [1.29, 1.82) is 0 Å². The first-order chi connectivity index (χ1) is 12.0. The van der Waals surface area contributed by atoms with E-state index in [1.165, 1.54) is 19.1 Å². The molecule has 1 N–H and O–H groups in total. The van der Waals surface area contributed by atoms with Crippen LogP contribution < -0.4 is 5.32 Å². The summed E-state index contributed by atoms with van der Waals surface area (Å²) in [5, 5.41) is 3.13. The molecule has 126 valence electrons. The van der Waals surface area contributed by atoms with Crippen LogP contribution in [-0.4, -0.2) is 15.3 Å². The maximum Gasteiger partial charge on any atom is 0.209 e. The van der Waals surface area contributed by atoms with Crippen molar-refractivity contribution in [3.63, 3.8) is 0 Å². The molecule has 0 saturated heterocycles. The van der Waals surface area contributed by atoms with E-state index in [9.17, 15) is 13.6 Å². The molecule has 25 heavy (non-hydrogen) atoms. The number of hydrogen-bond donors (Lipinski definition) is 1. The summed E-state index contributed by atoms with van der Waals surface area (Å²) < 4.78 is 29.5. The number of Topliss-reactive ketones (excluding diaryl/α,β-unsaturated/α-hetero) is 1. The molecule has 4 nitrogen and oxygen atoms in total. The van der Waals surface area contributed by atoms with Crippen molar-refractivity contribution < 1.29 is 13.6 Å². The first-order valence-electron chi connectivity index (χ1n) is 7.87. The van der Waals surface area contributed by atoms with E-state index in [0.717, 1.165) is 17.1 Å². The highest BCUT2D eigenvalue weighted by Gasteiger charge is 2.32. The molecular formula is C19H15F2N3O. The lowest BCUT2D eigenvalue weighted by Crippen LogP contribution is -2.27. The van der Waals surface area contributed by atoms with Crippen LogP contribution in [0, 0.1) is 11.6 Å². The minimum absolute atomic E-state index is 0.164. The smallest absolute Gasteiger partial charge is 0.209 e. The average Bonchev–Trinajstić information content (AvgIpc) is 2.89. The highest BCUT2D eigenvalue weighted by Crippen LogP contribution is 2.39. The van der Waals surface area contributed by atoms with Crippen molar-refractivity contribution in [1.82, 2.24) is 9.55 Å². The van der Waals surface area contributed by atoms with Crippen LogP contribution in [0.2, 0.25) is 0 Å². The maximum absolute atomic E-state index is 13.8. The molecule has 1 aromatic heterocycles. The average molecular weight is 339 g/mol. The Labute approximate surface area is 142 Å². The molecule has 0 spiro atoms. The van der Waals surface area contributed by atoms with Gasteiger partial charge in [0.2, 0.25) is 5.95 Å². The number of carbonyl (C=O) groups excluding carboxylic acids is 1. The Morgan fingerprint density at radius 3 is 2.52 bits per heavy atom. The van der Waals surface area contributed by atoms with E-state index in [2.05, 4.69) is 10.3 Å². The number of nitrogens with one attached hydrogen (secondary N) is 1. The zero-order chi connectivity index (χ0) is 17.7. The first kappa shape index (κ1) is 15.5. The molecule has 6 heteroatoms. The number of benzene rings is 2. The third-order valence-corrected chi connectivity index (χ3v) is 4.41. The van der Waals surface area contributed by atoms with Crippen LogP contribution in [0.15, 0.2) is 53.7 Å². The summed E-state index contributed by atoms with van der Waals surface area (Å²) in [7, 11) is 0. The third-order valence-electron chi connectivity index (χ3n) is 4.41. The molecule has 1 aliphatic rings. The van der Waals surface area contributed by atoms with Gasteiger partial charge in [-0.2, -0.15) is 0 Å². The molecule has 1 atom stereocenters. The van der Waals surface area contributed by atoms with Crippen LogP contribution in [0.25, 0.3) is 11.0 Å². The Bertz CT molecular complexity index is 1030. The first-order valence-corrected chi connectivity index (χ1v) is 7.87. The predicted octanol–water partition coefficient (Wildman–Crippen LogP) is 4.19. The Morgan fingerprint density at radius 1 is 1.16 bits per heavy atom. The number of nitrogens with zero attached hydrogens (tertiary/aromatic N) is 2. The van der Waals surface area contributed by atoms with Crippen molar-refractivity contribution in [2.24, 2.45) is 0 Å². The van der Waals surface area contributed by atoms with Crippen LogP contribution in [0.5, 0.6) is 0 Å². The highest BCUT2D eigenvalue weighted by atomic mass is 19.1. The molecule has 4 rings (SSSR count). The van der Waals surface area contributed by atoms with E-state index in [1.807, 2.05) is 28.8 Å². The fraction of sp³-hybridized carbons (Fsp3) is 0.158. The molecular weight excluding hydrogens is 324 g/mol. The topological polar surface area (TPSA) is 46.9 Å². The number of hydrogen-bond acceptors (Lipinski definition) is 3. The van der Waals surface area contributed by atoms with Gasteiger partial charge in [-0.1, -0.05) is 12.1 Å². The van der Waals surface area contributed by atoms with E-state index in [4.69, 9.17) is 0 Å². The molecule has 0 aliphatic carbocycles. The van der Waals surface area contributed by atoms with Gasteiger partial charge in [0.1, 0.15) is 11.6 Å². The molecule has 2 aromatic carbocycles. The minimum atomic E-state index is -0.681. The summed E-state index contributed by atoms with van der Waals surface area (Å²) in [4.78, 5) is 16.8. The van der Waals surface area contributed by atoms with Crippen molar-refractivity contribution in [3.05, 3.63) is 70.9 Å². The van der Waals surface area contributed by atoms with E-state index >= 15 is 0 Å². The van der Waals surface area contributed by atoms with Crippen LogP contribution in [-0.2, 0) is 4.79 Å². The summed E-state index contributed by atoms with van der Waals surface area (Å²) in [6.07, 6.45) is 0. The second-order valence-corrected chi connectivity index (χ2v) is 6.12. The van der Waals surface area contributed by atoms with Gasteiger partial charge in [0.25, 0.3) is 0 Å². The molecule has 3 aromatic rings. The van der Waals surface area contributed by atoms with E-state index in [1.54, 1.807) is 6.92 Å². The number of aromatic nitrogens is 2. The molecule has 0 amide bonds. The number of fused-ring (bicyclic) bond motifs is 3. The number of ketones is 1. The number of allylic oxidation sites excluding steroid dienone is 2. The van der Waals surface area contributed by atoms with Gasteiger partial charge in [-0.05, 0) is 43.7 Å². The maximum atomic E-state index is 13.8. The van der Waals surface area contributed by atoms with Gasteiger partial charge in [-0.3, -0.25) is 9.36 Å². The van der Waals surface area contributed by atoms with E-state index in [0.29, 0.717) is 22.8 Å². The fourth-order valence-electron chi connectivity index (χ4n) is 3.47. The molecule has 2 heterocycles. The number of carbonyl (C=O) groups is 1. The van der Waals surface area contributed by atoms with Gasteiger partial charge >= 0.3 is 0 Å². The molecule has 0 fully saturated rings. The van der Waals surface area contributed by atoms with E-state index in [-0.39, 0.29) is 5.78 Å². The van der Waals surface area contributed by atoms with Gasteiger partial charge in [0.05, 0.1) is 17.1 Å².